The van der Waals surface area contributed by atoms with Gasteiger partial charge < -0.3 is 4.74 Å². The van der Waals surface area contributed by atoms with Crippen LogP contribution >= 0.6 is 0 Å². The average Bonchev–Trinajstić information content (AvgIpc) is 3.34. The van der Waals surface area contributed by atoms with E-state index in [4.69, 9.17) is 9.57 Å². The van der Waals surface area contributed by atoms with E-state index in [0.717, 1.165) is 31.3 Å². The molecule has 1 N–H and O–H groups in total. The molecule has 5 nitrogen and oxygen atoms in total. The normalized spacial score (nSPS) is 36.4. The van der Waals surface area contributed by atoms with Crippen LogP contribution in [0, 0.1) is 17.8 Å². The van der Waals surface area contributed by atoms with Crippen LogP contribution < -0.4 is 5.48 Å². The van der Waals surface area contributed by atoms with Gasteiger partial charge in [0.25, 0.3) is 0 Å². The van der Waals surface area contributed by atoms with Crippen molar-refractivity contribution in [1.82, 2.24) is 5.48 Å². The van der Waals surface area contributed by atoms with Gasteiger partial charge in [-0.2, -0.15) is 0 Å². The molecule has 134 valence electrons. The first-order valence-corrected chi connectivity index (χ1v) is 9.41. The number of allylic oxidation sites excluding steroid dienone is 1. The third-order valence-corrected chi connectivity index (χ3v) is 5.69. The molecule has 3 rings (SSSR count). The van der Waals surface area contributed by atoms with Crippen molar-refractivity contribution in [2.24, 2.45) is 17.8 Å². The second kappa shape index (κ2) is 7.79. The van der Waals surface area contributed by atoms with Gasteiger partial charge in [0.2, 0.25) is 0 Å². The molecule has 1 saturated heterocycles. The minimum absolute atomic E-state index is 0.0838. The molecule has 3 unspecified atom stereocenters. The van der Waals surface area contributed by atoms with Crippen molar-refractivity contribution in [3.05, 3.63) is 11.8 Å². The topological polar surface area (TPSA) is 67.9 Å². The summed E-state index contributed by atoms with van der Waals surface area (Å²) >= 11 is 0. The molecular weight excluding hydrogens is 306 g/mol. The highest BCUT2D eigenvalue weighted by Gasteiger charge is 2.48. The van der Waals surface area contributed by atoms with Gasteiger partial charge in [0.1, 0.15) is 11.6 Å². The lowest BCUT2D eigenvalue weighted by molar-refractivity contribution is -0.136. The second-order valence-electron chi connectivity index (χ2n) is 7.36. The van der Waals surface area contributed by atoms with Gasteiger partial charge in [-0.3, -0.25) is 19.9 Å². The highest BCUT2D eigenvalue weighted by Crippen LogP contribution is 2.45. The van der Waals surface area contributed by atoms with Crippen LogP contribution in [0.1, 0.15) is 58.8 Å². The van der Waals surface area contributed by atoms with E-state index in [-0.39, 0.29) is 17.5 Å². The van der Waals surface area contributed by atoms with Gasteiger partial charge in [-0.05, 0) is 49.5 Å². The van der Waals surface area contributed by atoms with Crippen LogP contribution in [0.5, 0.6) is 0 Å². The molecule has 2 saturated carbocycles. The number of Topliss-reactive ketones (excluding diaryl/α,β-unsaturated/α-hetero) is 2. The van der Waals surface area contributed by atoms with E-state index < -0.39 is 5.92 Å². The standard InChI is InChI=1S/C19H29NO4/c1-3-7-23-20-11-12(4-2)19-15(21)8-14(9-16(19)22)13-5-6-17-18(10-13)24-17/h11,13-14,17-20H,3-10H2,1-2H3. The third kappa shape index (κ3) is 3.89. The van der Waals surface area contributed by atoms with E-state index in [9.17, 15) is 9.59 Å². The first-order chi connectivity index (χ1) is 11.6. The summed E-state index contributed by atoms with van der Waals surface area (Å²) in [5, 5.41) is 0. The van der Waals surface area contributed by atoms with E-state index in [1.807, 2.05) is 13.8 Å². The quantitative estimate of drug-likeness (QED) is 0.335. The highest BCUT2D eigenvalue weighted by atomic mass is 16.6. The Hall–Kier alpha value is -1.20. The van der Waals surface area contributed by atoms with Crippen LogP contribution in [0.2, 0.25) is 0 Å². The van der Waals surface area contributed by atoms with Crippen LogP contribution in [0.25, 0.3) is 0 Å². The van der Waals surface area contributed by atoms with Crippen molar-refractivity contribution in [3.63, 3.8) is 0 Å². The predicted molar refractivity (Wildman–Crippen MR) is 90.0 cm³/mol. The van der Waals surface area contributed by atoms with Crippen molar-refractivity contribution in [2.75, 3.05) is 6.61 Å². The molecule has 3 atom stereocenters. The summed E-state index contributed by atoms with van der Waals surface area (Å²) in [6, 6.07) is 0. The maximum absolute atomic E-state index is 12.7. The first-order valence-electron chi connectivity index (χ1n) is 9.41. The van der Waals surface area contributed by atoms with Crippen molar-refractivity contribution >= 4 is 11.6 Å². The number of hydrogen-bond donors (Lipinski definition) is 1. The summed E-state index contributed by atoms with van der Waals surface area (Å²) in [7, 11) is 0. The minimum atomic E-state index is -0.572. The number of hydrogen-bond acceptors (Lipinski definition) is 5. The molecule has 0 aromatic carbocycles. The van der Waals surface area contributed by atoms with Gasteiger partial charge in [0, 0.05) is 19.0 Å². The molecular formula is C19H29NO4. The summed E-state index contributed by atoms with van der Waals surface area (Å²) in [5.41, 5.74) is 3.62. The van der Waals surface area contributed by atoms with E-state index in [1.54, 1.807) is 6.20 Å². The Morgan fingerprint density at radius 1 is 1.17 bits per heavy atom. The maximum Gasteiger partial charge on any atom is 0.147 e. The minimum Gasteiger partial charge on any atom is -0.370 e. The van der Waals surface area contributed by atoms with Crippen molar-refractivity contribution in [1.29, 1.82) is 0 Å². The lowest BCUT2D eigenvalue weighted by Gasteiger charge is -2.34. The molecule has 3 aliphatic rings. The molecule has 0 spiro atoms. The lowest BCUT2D eigenvalue weighted by Crippen LogP contribution is -2.38. The summed E-state index contributed by atoms with van der Waals surface area (Å²) in [5.74, 6) is 0.287. The van der Waals surface area contributed by atoms with E-state index in [1.165, 1.54) is 0 Å². The second-order valence-corrected chi connectivity index (χ2v) is 7.36. The number of rotatable bonds is 7. The SMILES string of the molecule is CCCONC=C(CC)C1C(=O)CC(C2CCC3OC3C2)CC1=O. The Bertz CT molecular complexity index is 497. The van der Waals surface area contributed by atoms with E-state index >= 15 is 0 Å². The van der Waals surface area contributed by atoms with Crippen LogP contribution in [0.3, 0.4) is 0 Å². The van der Waals surface area contributed by atoms with Gasteiger partial charge in [-0.1, -0.05) is 13.8 Å². The van der Waals surface area contributed by atoms with Gasteiger partial charge in [-0.15, -0.1) is 0 Å². The Morgan fingerprint density at radius 3 is 2.54 bits per heavy atom. The van der Waals surface area contributed by atoms with Crippen molar-refractivity contribution < 1.29 is 19.2 Å². The maximum atomic E-state index is 12.7. The number of ether oxygens (including phenoxy) is 1. The molecule has 24 heavy (non-hydrogen) atoms. The number of carbonyl (C=O) groups excluding carboxylic acids is 2. The summed E-state index contributed by atoms with van der Waals surface area (Å²) in [6.45, 7) is 4.61. The van der Waals surface area contributed by atoms with E-state index in [0.29, 0.717) is 44.0 Å². The fraction of sp³-hybridized carbons (Fsp3) is 0.789. The zero-order valence-corrected chi connectivity index (χ0v) is 14.8. The monoisotopic (exact) mass is 335 g/mol. The average molecular weight is 335 g/mol. The smallest absolute Gasteiger partial charge is 0.147 e. The Balaban J connectivity index is 1.59. The molecule has 0 aromatic heterocycles. The molecule has 5 heteroatoms. The molecule has 0 radical (unpaired) electrons. The van der Waals surface area contributed by atoms with Crippen LogP contribution in [-0.4, -0.2) is 30.4 Å². The fourth-order valence-electron chi connectivity index (χ4n) is 4.28. The number of fused-ring (bicyclic) bond motifs is 1. The third-order valence-electron chi connectivity index (χ3n) is 5.69. The number of carbonyl (C=O) groups is 2. The lowest BCUT2D eigenvalue weighted by atomic mass is 9.68. The zero-order chi connectivity index (χ0) is 17.1. The van der Waals surface area contributed by atoms with E-state index in [2.05, 4.69) is 5.48 Å². The molecule has 2 aliphatic carbocycles. The largest absolute Gasteiger partial charge is 0.370 e. The predicted octanol–water partition coefficient (Wildman–Crippen LogP) is 2.94. The summed E-state index contributed by atoms with van der Waals surface area (Å²) in [4.78, 5) is 30.6. The van der Waals surface area contributed by atoms with Crippen LogP contribution in [-0.2, 0) is 19.2 Å². The Kier molecular flexibility index (Phi) is 5.72. The number of ketones is 2. The fourth-order valence-corrected chi connectivity index (χ4v) is 4.28. The molecule has 3 fully saturated rings. The van der Waals surface area contributed by atoms with Crippen LogP contribution in [0.4, 0.5) is 0 Å². The first kappa shape index (κ1) is 17.6. The zero-order valence-electron chi connectivity index (χ0n) is 14.8. The Morgan fingerprint density at radius 2 is 1.92 bits per heavy atom. The molecule has 1 heterocycles. The Labute approximate surface area is 144 Å². The molecule has 0 amide bonds. The number of hydroxylamine groups is 1. The summed E-state index contributed by atoms with van der Waals surface area (Å²) < 4.78 is 5.59. The van der Waals surface area contributed by atoms with Gasteiger partial charge in [-0.25, -0.2) is 0 Å². The van der Waals surface area contributed by atoms with Crippen LogP contribution in [0.15, 0.2) is 11.8 Å². The summed E-state index contributed by atoms with van der Waals surface area (Å²) in [6.07, 6.45) is 8.45. The van der Waals surface area contributed by atoms with Crippen molar-refractivity contribution in [2.45, 2.75) is 71.0 Å². The number of epoxide rings is 1. The van der Waals surface area contributed by atoms with Gasteiger partial charge in [0.05, 0.1) is 24.7 Å². The highest BCUT2D eigenvalue weighted by molar-refractivity contribution is 6.07. The van der Waals surface area contributed by atoms with Gasteiger partial charge in [0.15, 0.2) is 0 Å². The molecule has 0 bridgehead atoms. The molecule has 0 aromatic rings. The number of nitrogens with one attached hydrogen (secondary N) is 1. The van der Waals surface area contributed by atoms with Crippen molar-refractivity contribution in [3.8, 4) is 0 Å². The van der Waals surface area contributed by atoms with Gasteiger partial charge >= 0.3 is 0 Å². The molecule has 1 aliphatic heterocycles.